The van der Waals surface area contributed by atoms with Crippen molar-refractivity contribution in [3.8, 4) is 0 Å². The van der Waals surface area contributed by atoms with Crippen molar-refractivity contribution in [2.24, 2.45) is 0 Å². The second-order valence-electron chi connectivity index (χ2n) is 3.42. The zero-order valence-electron chi connectivity index (χ0n) is 8.33. The van der Waals surface area contributed by atoms with Crippen LogP contribution in [0.5, 0.6) is 0 Å². The molecule has 16 heavy (non-hydrogen) atoms. The number of halogens is 3. The fourth-order valence-electron chi connectivity index (χ4n) is 1.52. The second kappa shape index (κ2) is 4.98. The molecule has 0 radical (unpaired) electrons. The molecule has 0 heterocycles. The molecule has 2 aromatic rings. The van der Waals surface area contributed by atoms with Crippen LogP contribution < -0.4 is 0 Å². The number of benzene rings is 2. The maximum absolute atomic E-state index is 13.3. The highest BCUT2D eigenvalue weighted by Crippen LogP contribution is 2.35. The lowest BCUT2D eigenvalue weighted by molar-refractivity contribution is 0.626. The maximum Gasteiger partial charge on any atom is 0.142 e. The van der Waals surface area contributed by atoms with Crippen LogP contribution in [0.3, 0.4) is 0 Å². The van der Waals surface area contributed by atoms with E-state index in [0.29, 0.717) is 0 Å². The minimum atomic E-state index is -0.389. The van der Waals surface area contributed by atoms with Gasteiger partial charge in [-0.3, -0.25) is 0 Å². The molecule has 0 spiro atoms. The van der Waals surface area contributed by atoms with Gasteiger partial charge in [0, 0.05) is 0 Å². The summed E-state index contributed by atoms with van der Waals surface area (Å²) in [4.78, 5) is -0.0862. The molecule has 0 N–H and O–H groups in total. The largest absolute Gasteiger partial charge is 0.205 e. The van der Waals surface area contributed by atoms with Gasteiger partial charge in [-0.1, -0.05) is 70.0 Å². The van der Waals surface area contributed by atoms with Gasteiger partial charge < -0.3 is 0 Å². The van der Waals surface area contributed by atoms with Crippen molar-refractivity contribution >= 4 is 27.5 Å². The van der Waals surface area contributed by atoms with Crippen molar-refractivity contribution in [3.05, 3.63) is 70.5 Å². The summed E-state index contributed by atoms with van der Waals surface area (Å²) in [5.74, 6) is -0.389. The first-order valence-electron chi connectivity index (χ1n) is 4.83. The second-order valence-corrected chi connectivity index (χ2v) is 4.71. The standard InChI is InChI=1S/C13H9BrClF/c14-12(9-5-2-1-3-6-9)10-7-4-8-11(16)13(10)15/h1-8,12H. The number of rotatable bonds is 2. The summed E-state index contributed by atoms with van der Waals surface area (Å²) in [6, 6.07) is 14.6. The van der Waals surface area contributed by atoms with Crippen molar-refractivity contribution in [1.29, 1.82) is 0 Å². The van der Waals surface area contributed by atoms with E-state index in [2.05, 4.69) is 15.9 Å². The lowest BCUT2D eigenvalue weighted by Crippen LogP contribution is -1.95. The average Bonchev–Trinajstić information content (AvgIpc) is 2.33. The van der Waals surface area contributed by atoms with Crippen LogP contribution in [0.2, 0.25) is 5.02 Å². The van der Waals surface area contributed by atoms with Crippen molar-refractivity contribution in [3.63, 3.8) is 0 Å². The Morgan fingerprint density at radius 2 is 1.69 bits per heavy atom. The molecule has 82 valence electrons. The molecule has 1 atom stereocenters. The maximum atomic E-state index is 13.3. The monoisotopic (exact) mass is 298 g/mol. The van der Waals surface area contributed by atoms with E-state index in [1.54, 1.807) is 6.07 Å². The Bertz CT molecular complexity index is 485. The minimum absolute atomic E-state index is 0.0862. The van der Waals surface area contributed by atoms with E-state index in [-0.39, 0.29) is 15.7 Å². The molecule has 0 bridgehead atoms. The summed E-state index contributed by atoms with van der Waals surface area (Å²) >= 11 is 9.46. The smallest absolute Gasteiger partial charge is 0.142 e. The fourth-order valence-corrected chi connectivity index (χ4v) is 2.57. The third-order valence-electron chi connectivity index (χ3n) is 2.35. The highest BCUT2D eigenvalue weighted by Gasteiger charge is 2.15. The zero-order valence-corrected chi connectivity index (χ0v) is 10.7. The fraction of sp³-hybridized carbons (Fsp3) is 0.0769. The van der Waals surface area contributed by atoms with Gasteiger partial charge in [0.15, 0.2) is 0 Å². The van der Waals surface area contributed by atoms with Gasteiger partial charge in [-0.25, -0.2) is 4.39 Å². The first-order chi connectivity index (χ1) is 7.70. The first-order valence-corrected chi connectivity index (χ1v) is 6.12. The lowest BCUT2D eigenvalue weighted by atomic mass is 10.0. The summed E-state index contributed by atoms with van der Waals surface area (Å²) in [6.07, 6.45) is 0. The molecule has 0 fully saturated rings. The highest BCUT2D eigenvalue weighted by molar-refractivity contribution is 9.09. The van der Waals surface area contributed by atoms with E-state index in [4.69, 9.17) is 11.6 Å². The topological polar surface area (TPSA) is 0 Å². The van der Waals surface area contributed by atoms with E-state index in [0.717, 1.165) is 11.1 Å². The third-order valence-corrected chi connectivity index (χ3v) is 3.77. The van der Waals surface area contributed by atoms with Crippen molar-refractivity contribution in [2.75, 3.05) is 0 Å². The van der Waals surface area contributed by atoms with Crippen LogP contribution >= 0.6 is 27.5 Å². The van der Waals surface area contributed by atoms with E-state index in [1.165, 1.54) is 6.07 Å². The molecular formula is C13H9BrClF. The van der Waals surface area contributed by atoms with Crippen LogP contribution in [0, 0.1) is 5.82 Å². The average molecular weight is 300 g/mol. The van der Waals surface area contributed by atoms with Gasteiger partial charge in [-0.05, 0) is 17.2 Å². The summed E-state index contributed by atoms with van der Waals surface area (Å²) in [7, 11) is 0. The van der Waals surface area contributed by atoms with Gasteiger partial charge in [0.05, 0.1) is 9.85 Å². The number of alkyl halides is 1. The summed E-state index contributed by atoms with van der Waals surface area (Å²) in [6.45, 7) is 0. The Hall–Kier alpha value is -0.860. The van der Waals surface area contributed by atoms with Crippen LogP contribution in [0.4, 0.5) is 4.39 Å². The van der Waals surface area contributed by atoms with Crippen molar-refractivity contribution < 1.29 is 4.39 Å². The molecule has 0 aliphatic carbocycles. The summed E-state index contributed by atoms with van der Waals surface area (Å²) in [5, 5.41) is 0.174. The minimum Gasteiger partial charge on any atom is -0.205 e. The van der Waals surface area contributed by atoms with Gasteiger partial charge in [0.1, 0.15) is 5.82 Å². The molecule has 0 nitrogen and oxygen atoms in total. The van der Waals surface area contributed by atoms with E-state index in [9.17, 15) is 4.39 Å². The van der Waals surface area contributed by atoms with Gasteiger partial charge in [-0.2, -0.15) is 0 Å². The normalized spacial score (nSPS) is 12.4. The van der Waals surface area contributed by atoms with Gasteiger partial charge >= 0.3 is 0 Å². The molecule has 0 amide bonds. The SMILES string of the molecule is Fc1cccc(C(Br)c2ccccc2)c1Cl. The van der Waals surface area contributed by atoms with Crippen LogP contribution in [0.15, 0.2) is 48.5 Å². The Morgan fingerprint density at radius 1 is 1.00 bits per heavy atom. The van der Waals surface area contributed by atoms with E-state index >= 15 is 0 Å². The third kappa shape index (κ3) is 2.28. The van der Waals surface area contributed by atoms with Crippen LogP contribution in [-0.2, 0) is 0 Å². The molecular weight excluding hydrogens is 290 g/mol. The number of hydrogen-bond acceptors (Lipinski definition) is 0. The Morgan fingerprint density at radius 3 is 2.38 bits per heavy atom. The van der Waals surface area contributed by atoms with Crippen molar-refractivity contribution in [2.45, 2.75) is 4.83 Å². The molecule has 0 aliphatic heterocycles. The molecule has 2 aromatic carbocycles. The Balaban J connectivity index is 2.42. The van der Waals surface area contributed by atoms with Gasteiger partial charge in [0.2, 0.25) is 0 Å². The van der Waals surface area contributed by atoms with E-state index < -0.39 is 0 Å². The van der Waals surface area contributed by atoms with Crippen LogP contribution in [-0.4, -0.2) is 0 Å². The van der Waals surface area contributed by atoms with E-state index in [1.807, 2.05) is 36.4 Å². The Kier molecular flexibility index (Phi) is 3.62. The van der Waals surface area contributed by atoms with Crippen LogP contribution in [0.25, 0.3) is 0 Å². The predicted octanol–water partition coefficient (Wildman–Crippen LogP) is 4.96. The van der Waals surface area contributed by atoms with Crippen molar-refractivity contribution in [1.82, 2.24) is 0 Å². The summed E-state index contributed by atoms with van der Waals surface area (Å²) in [5.41, 5.74) is 1.79. The Labute approximate surface area is 107 Å². The summed E-state index contributed by atoms with van der Waals surface area (Å²) < 4.78 is 13.3. The predicted molar refractivity (Wildman–Crippen MR) is 68.6 cm³/mol. The molecule has 3 heteroatoms. The zero-order chi connectivity index (χ0) is 11.5. The molecule has 0 saturated carbocycles. The lowest BCUT2D eigenvalue weighted by Gasteiger charge is -2.12. The molecule has 0 aliphatic rings. The highest BCUT2D eigenvalue weighted by atomic mass is 79.9. The van der Waals surface area contributed by atoms with Gasteiger partial charge in [0.25, 0.3) is 0 Å². The quantitative estimate of drug-likeness (QED) is 0.687. The molecule has 1 unspecified atom stereocenters. The first kappa shape index (κ1) is 11.6. The van der Waals surface area contributed by atoms with Gasteiger partial charge in [-0.15, -0.1) is 0 Å². The molecule has 0 aromatic heterocycles. The molecule has 0 saturated heterocycles. The van der Waals surface area contributed by atoms with Crippen LogP contribution in [0.1, 0.15) is 16.0 Å². The molecule has 2 rings (SSSR count). The number of hydrogen-bond donors (Lipinski definition) is 0.